The molecule has 0 aromatic heterocycles. The van der Waals surface area contributed by atoms with Crippen molar-refractivity contribution in [2.75, 3.05) is 13.1 Å². The highest BCUT2D eigenvalue weighted by molar-refractivity contribution is 5.73. The Balaban J connectivity index is 1.72. The van der Waals surface area contributed by atoms with Crippen molar-refractivity contribution in [3.8, 4) is 11.5 Å². The fourth-order valence-corrected chi connectivity index (χ4v) is 6.42. The first-order valence-corrected chi connectivity index (χ1v) is 9.79. The van der Waals surface area contributed by atoms with E-state index in [2.05, 4.69) is 16.8 Å². The minimum absolute atomic E-state index is 0.0170. The Bertz CT molecular complexity index is 840. The molecule has 144 valence electrons. The van der Waals surface area contributed by atoms with E-state index in [0.717, 1.165) is 37.1 Å². The molecule has 6 heteroatoms. The molecule has 3 N–H and O–H groups in total. The number of hydrogen-bond donors (Lipinski definition) is 3. The highest BCUT2D eigenvalue weighted by Crippen LogP contribution is 2.65. The summed E-state index contributed by atoms with van der Waals surface area (Å²) in [5.41, 5.74) is 0.569. The van der Waals surface area contributed by atoms with Crippen LogP contribution in [0.4, 0.5) is 0 Å². The third-order valence-electron chi connectivity index (χ3n) is 7.33. The van der Waals surface area contributed by atoms with Gasteiger partial charge in [-0.15, -0.1) is 6.58 Å². The van der Waals surface area contributed by atoms with Crippen LogP contribution in [0.5, 0.6) is 11.5 Å². The SMILES string of the molecule is C=CCN1CC[C@@]23c4c5ccc(O)c4OC2C(NC(C)=O)CC[C@]3(O)[C@@H]1C5. The number of phenols is 1. The van der Waals surface area contributed by atoms with Crippen LogP contribution in [0, 0.1) is 0 Å². The summed E-state index contributed by atoms with van der Waals surface area (Å²) >= 11 is 0. The first kappa shape index (κ1) is 17.1. The van der Waals surface area contributed by atoms with Gasteiger partial charge >= 0.3 is 0 Å². The maximum absolute atomic E-state index is 12.1. The minimum atomic E-state index is -0.945. The number of nitrogens with one attached hydrogen (secondary N) is 1. The largest absolute Gasteiger partial charge is 0.504 e. The van der Waals surface area contributed by atoms with Gasteiger partial charge in [0, 0.05) is 25.1 Å². The number of amides is 1. The molecule has 2 aliphatic carbocycles. The van der Waals surface area contributed by atoms with E-state index in [0.29, 0.717) is 18.6 Å². The van der Waals surface area contributed by atoms with E-state index in [4.69, 9.17) is 4.74 Å². The Hall–Kier alpha value is -2.05. The van der Waals surface area contributed by atoms with Crippen molar-refractivity contribution in [3.63, 3.8) is 0 Å². The van der Waals surface area contributed by atoms with Crippen LogP contribution in [0.1, 0.15) is 37.3 Å². The number of hydrogen-bond acceptors (Lipinski definition) is 5. The number of aromatic hydroxyl groups is 1. The third kappa shape index (κ3) is 1.95. The molecule has 1 amide bonds. The Kier molecular flexibility index (Phi) is 3.47. The molecule has 2 fully saturated rings. The summed E-state index contributed by atoms with van der Waals surface area (Å²) < 4.78 is 6.32. The molecule has 5 atom stereocenters. The fourth-order valence-electron chi connectivity index (χ4n) is 6.42. The number of benzene rings is 1. The number of carbonyl (C=O) groups excluding carboxylic acids is 1. The van der Waals surface area contributed by atoms with Crippen molar-refractivity contribution < 1.29 is 19.7 Å². The normalized spacial score (nSPS) is 38.7. The molecule has 6 nitrogen and oxygen atoms in total. The van der Waals surface area contributed by atoms with Crippen LogP contribution in [0.25, 0.3) is 0 Å². The number of nitrogens with zero attached hydrogens (tertiary/aromatic N) is 1. The van der Waals surface area contributed by atoms with Gasteiger partial charge in [0.25, 0.3) is 0 Å². The highest BCUT2D eigenvalue weighted by atomic mass is 16.5. The molecule has 1 aromatic rings. The predicted octanol–water partition coefficient (Wildman–Crippen LogP) is 1.24. The van der Waals surface area contributed by atoms with Crippen molar-refractivity contribution >= 4 is 5.91 Å². The molecule has 5 rings (SSSR count). The van der Waals surface area contributed by atoms with Gasteiger partial charge in [-0.1, -0.05) is 12.1 Å². The zero-order chi connectivity index (χ0) is 19.0. The van der Waals surface area contributed by atoms with Crippen molar-refractivity contribution in [2.24, 2.45) is 0 Å². The van der Waals surface area contributed by atoms with Gasteiger partial charge in [0.1, 0.15) is 6.10 Å². The first-order chi connectivity index (χ1) is 12.9. The average molecular weight is 370 g/mol. The van der Waals surface area contributed by atoms with Crippen molar-refractivity contribution in [2.45, 2.75) is 61.8 Å². The van der Waals surface area contributed by atoms with Crippen molar-refractivity contribution in [1.29, 1.82) is 0 Å². The van der Waals surface area contributed by atoms with Crippen LogP contribution in [-0.4, -0.2) is 57.9 Å². The number of rotatable bonds is 3. The van der Waals surface area contributed by atoms with E-state index in [1.165, 1.54) is 6.92 Å². The number of piperidine rings is 1. The Morgan fingerprint density at radius 2 is 2.30 bits per heavy atom. The van der Waals surface area contributed by atoms with Crippen molar-refractivity contribution in [1.82, 2.24) is 10.2 Å². The number of phenolic OH excluding ortho intramolecular Hbond substituents is 1. The monoisotopic (exact) mass is 370 g/mol. The molecule has 2 bridgehead atoms. The lowest BCUT2D eigenvalue weighted by molar-refractivity contribution is -0.189. The van der Waals surface area contributed by atoms with Crippen LogP contribution in [-0.2, 0) is 16.6 Å². The van der Waals surface area contributed by atoms with Gasteiger partial charge in [-0.2, -0.15) is 0 Å². The summed E-state index contributed by atoms with van der Waals surface area (Å²) in [7, 11) is 0. The van der Waals surface area contributed by atoms with Gasteiger partial charge in [-0.3, -0.25) is 9.69 Å². The molecule has 2 unspecified atom stereocenters. The standard InChI is InChI=1S/C21H26N2O4/c1-3-9-23-10-8-20-17-13-4-5-15(25)18(17)27-19(20)14(22-12(2)24)6-7-21(20,26)16(23)11-13/h3-5,14,16,19,25-26H,1,6-11H2,2H3,(H,22,24)/t14?,16-,19?,20+,21-/m0/s1. The number of carbonyl (C=O) groups is 1. The quantitative estimate of drug-likeness (QED) is 0.698. The lowest BCUT2D eigenvalue weighted by Crippen LogP contribution is -2.78. The Morgan fingerprint density at radius 1 is 1.48 bits per heavy atom. The summed E-state index contributed by atoms with van der Waals surface area (Å²) in [6.45, 7) is 6.97. The molecule has 2 aliphatic heterocycles. The van der Waals surface area contributed by atoms with Crippen LogP contribution in [0.15, 0.2) is 24.8 Å². The maximum Gasteiger partial charge on any atom is 0.217 e. The molecular weight excluding hydrogens is 344 g/mol. The smallest absolute Gasteiger partial charge is 0.217 e. The van der Waals surface area contributed by atoms with Gasteiger partial charge in [0.15, 0.2) is 11.5 Å². The second-order valence-corrected chi connectivity index (χ2v) is 8.48. The molecule has 2 heterocycles. The Morgan fingerprint density at radius 3 is 3.04 bits per heavy atom. The summed E-state index contributed by atoms with van der Waals surface area (Å²) in [6, 6.07) is 3.46. The van der Waals surface area contributed by atoms with Crippen LogP contribution in [0.2, 0.25) is 0 Å². The topological polar surface area (TPSA) is 82.0 Å². The van der Waals surface area contributed by atoms with E-state index < -0.39 is 11.0 Å². The highest BCUT2D eigenvalue weighted by Gasteiger charge is 2.72. The Labute approximate surface area is 158 Å². The molecule has 1 spiro atoms. The summed E-state index contributed by atoms with van der Waals surface area (Å²) in [6.07, 6.45) is 4.25. The van der Waals surface area contributed by atoms with Crippen molar-refractivity contribution in [3.05, 3.63) is 35.9 Å². The van der Waals surface area contributed by atoms with Gasteiger partial charge < -0.3 is 20.3 Å². The van der Waals surface area contributed by atoms with E-state index in [9.17, 15) is 15.0 Å². The molecule has 1 aromatic carbocycles. The van der Waals surface area contributed by atoms with Crippen LogP contribution in [0.3, 0.4) is 0 Å². The van der Waals surface area contributed by atoms with E-state index in [-0.39, 0.29) is 29.8 Å². The number of aliphatic hydroxyl groups is 1. The number of likely N-dealkylation sites (tertiary alicyclic amines) is 1. The maximum atomic E-state index is 12.1. The van der Waals surface area contributed by atoms with Gasteiger partial charge in [-0.05, 0) is 43.9 Å². The van der Waals surface area contributed by atoms with Gasteiger partial charge in [0.05, 0.1) is 17.1 Å². The summed E-state index contributed by atoms with van der Waals surface area (Å²) in [4.78, 5) is 14.1. The van der Waals surface area contributed by atoms with E-state index in [1.54, 1.807) is 6.07 Å². The lowest BCUT2D eigenvalue weighted by Gasteiger charge is -2.64. The zero-order valence-corrected chi connectivity index (χ0v) is 15.6. The second kappa shape index (κ2) is 5.49. The average Bonchev–Trinajstić information content (AvgIpc) is 2.97. The van der Waals surface area contributed by atoms with Crippen LogP contribution >= 0.6 is 0 Å². The molecule has 4 aliphatic rings. The fraction of sp³-hybridized carbons (Fsp3) is 0.571. The van der Waals surface area contributed by atoms with E-state index >= 15 is 0 Å². The van der Waals surface area contributed by atoms with Crippen LogP contribution < -0.4 is 10.1 Å². The summed E-state index contributed by atoms with van der Waals surface area (Å²) in [5, 5.41) is 25.6. The lowest BCUT2D eigenvalue weighted by atomic mass is 9.48. The molecule has 1 saturated heterocycles. The first-order valence-electron chi connectivity index (χ1n) is 9.79. The summed E-state index contributed by atoms with van der Waals surface area (Å²) in [5.74, 6) is 0.527. The minimum Gasteiger partial charge on any atom is -0.504 e. The van der Waals surface area contributed by atoms with Gasteiger partial charge in [0.2, 0.25) is 5.91 Å². The number of ether oxygens (including phenoxy) is 1. The zero-order valence-electron chi connectivity index (χ0n) is 15.6. The van der Waals surface area contributed by atoms with E-state index in [1.807, 2.05) is 12.1 Å². The van der Waals surface area contributed by atoms with Gasteiger partial charge in [-0.25, -0.2) is 0 Å². The third-order valence-corrected chi connectivity index (χ3v) is 7.33. The molecule has 1 saturated carbocycles. The second-order valence-electron chi connectivity index (χ2n) is 8.48. The molecular formula is C21H26N2O4. The molecule has 27 heavy (non-hydrogen) atoms. The predicted molar refractivity (Wildman–Crippen MR) is 99.9 cm³/mol. The molecule has 0 radical (unpaired) electrons.